The van der Waals surface area contributed by atoms with Gasteiger partial charge in [-0.3, -0.25) is 0 Å². The van der Waals surface area contributed by atoms with Crippen molar-refractivity contribution in [3.63, 3.8) is 0 Å². The van der Waals surface area contributed by atoms with Gasteiger partial charge in [0.15, 0.2) is 5.58 Å². The van der Waals surface area contributed by atoms with Crippen LogP contribution in [0.5, 0.6) is 0 Å². The van der Waals surface area contributed by atoms with E-state index in [1.807, 2.05) is 13.0 Å². The van der Waals surface area contributed by atoms with Gasteiger partial charge >= 0.3 is 0 Å². The smallest absolute Gasteiger partial charge is 0.295 e. The standard InChI is InChI=1S/C12H17N3O2/c1-8(3-2-6-16)14-12-15-10-5-4-9(13)7-11(10)17-12/h4-5,7-8,16H,2-3,6,13H2,1H3,(H,14,15). The van der Waals surface area contributed by atoms with Gasteiger partial charge in [-0.2, -0.15) is 4.98 Å². The summed E-state index contributed by atoms with van der Waals surface area (Å²) in [7, 11) is 0. The topological polar surface area (TPSA) is 84.3 Å². The summed E-state index contributed by atoms with van der Waals surface area (Å²) in [5.74, 6) is 0. The molecule has 0 saturated heterocycles. The van der Waals surface area contributed by atoms with Crippen molar-refractivity contribution in [2.75, 3.05) is 17.7 Å². The lowest BCUT2D eigenvalue weighted by Crippen LogP contribution is -2.15. The maximum atomic E-state index is 8.75. The maximum Gasteiger partial charge on any atom is 0.295 e. The van der Waals surface area contributed by atoms with E-state index in [0.29, 0.717) is 17.3 Å². The number of anilines is 2. The summed E-state index contributed by atoms with van der Waals surface area (Å²) in [6.07, 6.45) is 1.64. The van der Waals surface area contributed by atoms with Crippen molar-refractivity contribution in [3.05, 3.63) is 18.2 Å². The van der Waals surface area contributed by atoms with Crippen molar-refractivity contribution in [1.29, 1.82) is 0 Å². The number of nitrogens with zero attached hydrogens (tertiary/aromatic N) is 1. The Morgan fingerprint density at radius 1 is 1.53 bits per heavy atom. The van der Waals surface area contributed by atoms with E-state index in [4.69, 9.17) is 15.3 Å². The second-order valence-electron chi connectivity index (χ2n) is 4.16. The Balaban J connectivity index is 2.08. The van der Waals surface area contributed by atoms with Gasteiger partial charge in [-0.15, -0.1) is 0 Å². The van der Waals surface area contributed by atoms with Gasteiger partial charge in [-0.05, 0) is 31.9 Å². The quantitative estimate of drug-likeness (QED) is 0.690. The lowest BCUT2D eigenvalue weighted by molar-refractivity contribution is 0.282. The third-order valence-electron chi connectivity index (χ3n) is 2.58. The van der Waals surface area contributed by atoms with Gasteiger partial charge in [0.05, 0.1) is 0 Å². The second-order valence-corrected chi connectivity index (χ2v) is 4.16. The molecular formula is C12H17N3O2. The number of nitrogen functional groups attached to an aromatic ring is 1. The van der Waals surface area contributed by atoms with E-state index >= 15 is 0 Å². The van der Waals surface area contributed by atoms with Gasteiger partial charge in [0, 0.05) is 24.4 Å². The average Bonchev–Trinajstić information content (AvgIpc) is 2.67. The molecule has 0 bridgehead atoms. The van der Waals surface area contributed by atoms with E-state index in [1.54, 1.807) is 12.1 Å². The summed E-state index contributed by atoms with van der Waals surface area (Å²) in [6, 6.07) is 6.09. The first-order chi connectivity index (χ1) is 8.19. The number of aliphatic hydroxyl groups excluding tert-OH is 1. The zero-order chi connectivity index (χ0) is 12.3. The molecule has 4 N–H and O–H groups in total. The Kier molecular flexibility index (Phi) is 3.49. The zero-order valence-corrected chi connectivity index (χ0v) is 9.81. The molecule has 0 aliphatic carbocycles. The van der Waals surface area contributed by atoms with Crippen LogP contribution < -0.4 is 11.1 Å². The number of nitrogens with two attached hydrogens (primary N) is 1. The van der Waals surface area contributed by atoms with Gasteiger partial charge in [-0.1, -0.05) is 0 Å². The highest BCUT2D eigenvalue weighted by Gasteiger charge is 2.08. The normalized spacial score (nSPS) is 12.8. The van der Waals surface area contributed by atoms with E-state index in [1.165, 1.54) is 0 Å². The number of hydrogen-bond donors (Lipinski definition) is 3. The fourth-order valence-electron chi connectivity index (χ4n) is 1.68. The fourth-order valence-corrected chi connectivity index (χ4v) is 1.68. The molecule has 92 valence electrons. The number of aliphatic hydroxyl groups is 1. The fraction of sp³-hybridized carbons (Fsp3) is 0.417. The van der Waals surface area contributed by atoms with Crippen LogP contribution in [0.3, 0.4) is 0 Å². The molecule has 2 aromatic rings. The minimum atomic E-state index is 0.204. The number of nitrogens with one attached hydrogen (secondary N) is 1. The minimum Gasteiger partial charge on any atom is -0.423 e. The monoisotopic (exact) mass is 235 g/mol. The van der Waals surface area contributed by atoms with Crippen molar-refractivity contribution in [2.24, 2.45) is 0 Å². The van der Waals surface area contributed by atoms with Gasteiger partial charge in [-0.25, -0.2) is 0 Å². The third kappa shape index (κ3) is 2.88. The Bertz CT molecular complexity index is 495. The first-order valence-electron chi connectivity index (χ1n) is 5.72. The van der Waals surface area contributed by atoms with Crippen LogP contribution in [0.4, 0.5) is 11.7 Å². The number of aromatic nitrogens is 1. The SMILES string of the molecule is CC(CCCO)Nc1nc2ccc(N)cc2o1. The number of hydrogen-bond acceptors (Lipinski definition) is 5. The largest absolute Gasteiger partial charge is 0.423 e. The average molecular weight is 235 g/mol. The molecule has 1 aromatic carbocycles. The Morgan fingerprint density at radius 3 is 3.12 bits per heavy atom. The predicted octanol–water partition coefficient (Wildman–Crippen LogP) is 1.98. The van der Waals surface area contributed by atoms with Crippen molar-refractivity contribution in [2.45, 2.75) is 25.8 Å². The predicted molar refractivity (Wildman–Crippen MR) is 67.8 cm³/mol. The lowest BCUT2D eigenvalue weighted by Gasteiger charge is -2.10. The highest BCUT2D eigenvalue weighted by Crippen LogP contribution is 2.21. The minimum absolute atomic E-state index is 0.204. The molecule has 0 radical (unpaired) electrons. The molecule has 17 heavy (non-hydrogen) atoms. The highest BCUT2D eigenvalue weighted by atomic mass is 16.4. The third-order valence-corrected chi connectivity index (χ3v) is 2.58. The molecule has 1 heterocycles. The summed E-state index contributed by atoms with van der Waals surface area (Å²) in [5, 5.41) is 11.9. The summed E-state index contributed by atoms with van der Waals surface area (Å²) in [6.45, 7) is 2.23. The second kappa shape index (κ2) is 5.05. The van der Waals surface area contributed by atoms with E-state index in [0.717, 1.165) is 18.4 Å². The van der Waals surface area contributed by atoms with Gasteiger partial charge in [0.2, 0.25) is 0 Å². The van der Waals surface area contributed by atoms with Crippen LogP contribution in [-0.2, 0) is 0 Å². The molecule has 2 rings (SSSR count). The van der Waals surface area contributed by atoms with Crippen molar-refractivity contribution < 1.29 is 9.52 Å². The highest BCUT2D eigenvalue weighted by molar-refractivity contribution is 5.78. The van der Waals surface area contributed by atoms with Crippen LogP contribution in [0, 0.1) is 0 Å². The summed E-state index contributed by atoms with van der Waals surface area (Å²) < 4.78 is 5.53. The van der Waals surface area contributed by atoms with Gasteiger partial charge < -0.3 is 20.6 Å². The molecule has 5 nitrogen and oxygen atoms in total. The van der Waals surface area contributed by atoms with E-state index in [-0.39, 0.29) is 12.6 Å². The number of fused-ring (bicyclic) bond motifs is 1. The van der Waals surface area contributed by atoms with Crippen LogP contribution in [0.25, 0.3) is 11.1 Å². The van der Waals surface area contributed by atoms with Crippen LogP contribution >= 0.6 is 0 Å². The summed E-state index contributed by atoms with van der Waals surface area (Å²) >= 11 is 0. The number of rotatable bonds is 5. The molecule has 5 heteroatoms. The zero-order valence-electron chi connectivity index (χ0n) is 9.81. The molecule has 1 atom stereocenters. The van der Waals surface area contributed by atoms with Crippen molar-refractivity contribution >= 4 is 22.8 Å². The summed E-state index contributed by atoms with van der Waals surface area (Å²) in [5.41, 5.74) is 7.80. The van der Waals surface area contributed by atoms with Crippen LogP contribution in [0.2, 0.25) is 0 Å². The Labute approximate surface area is 99.6 Å². The van der Waals surface area contributed by atoms with Crippen molar-refractivity contribution in [1.82, 2.24) is 4.98 Å². The van der Waals surface area contributed by atoms with Gasteiger partial charge in [0.1, 0.15) is 5.52 Å². The molecule has 0 aliphatic rings. The molecule has 0 amide bonds. The van der Waals surface area contributed by atoms with E-state index in [2.05, 4.69) is 10.3 Å². The molecule has 1 aromatic heterocycles. The van der Waals surface area contributed by atoms with Gasteiger partial charge in [0.25, 0.3) is 6.01 Å². The number of oxazole rings is 1. The first-order valence-corrected chi connectivity index (χ1v) is 5.72. The van der Waals surface area contributed by atoms with Crippen LogP contribution in [-0.4, -0.2) is 22.7 Å². The first kappa shape index (κ1) is 11.7. The van der Waals surface area contributed by atoms with E-state index in [9.17, 15) is 0 Å². The molecule has 0 saturated carbocycles. The maximum absolute atomic E-state index is 8.75. The van der Waals surface area contributed by atoms with Crippen molar-refractivity contribution in [3.8, 4) is 0 Å². The molecular weight excluding hydrogens is 218 g/mol. The van der Waals surface area contributed by atoms with E-state index < -0.39 is 0 Å². The molecule has 0 spiro atoms. The molecule has 0 fully saturated rings. The molecule has 1 unspecified atom stereocenters. The van der Waals surface area contributed by atoms with Crippen LogP contribution in [0.1, 0.15) is 19.8 Å². The number of benzene rings is 1. The lowest BCUT2D eigenvalue weighted by atomic mass is 10.2. The Hall–Kier alpha value is -1.75. The Morgan fingerprint density at radius 2 is 2.35 bits per heavy atom. The van der Waals surface area contributed by atoms with Crippen LogP contribution in [0.15, 0.2) is 22.6 Å². The summed E-state index contributed by atoms with van der Waals surface area (Å²) in [4.78, 5) is 4.31. The molecule has 0 aliphatic heterocycles.